The maximum Gasteiger partial charge on any atom is 0.0497 e. The minimum absolute atomic E-state index is 0. The van der Waals surface area contributed by atoms with E-state index in [-0.39, 0.29) is 24.9 Å². The molecule has 0 spiro atoms. The second-order valence-corrected chi connectivity index (χ2v) is 2.49. The monoisotopic (exact) mass is 172 g/mol. The third-order valence-electron chi connectivity index (χ3n) is 1.64. The molecule has 1 unspecified atom stereocenters. The lowest BCUT2D eigenvalue weighted by molar-refractivity contribution is 0.273. The Morgan fingerprint density at radius 3 is 2.27 bits per heavy atom. The molecular weight excluding hydrogens is 160 g/mol. The first kappa shape index (κ1) is 10.5. The topological polar surface area (TPSA) is 20.2 Å². The van der Waals surface area contributed by atoms with Gasteiger partial charge in [0, 0.05) is 12.5 Å². The summed E-state index contributed by atoms with van der Waals surface area (Å²) in [5, 5.41) is 8.79. The van der Waals surface area contributed by atoms with Gasteiger partial charge in [0.25, 0.3) is 0 Å². The fraction of sp³-hybridized carbons (Fsp3) is 0.333. The predicted molar refractivity (Wildman–Crippen MR) is 49.2 cm³/mol. The van der Waals surface area contributed by atoms with Crippen LogP contribution in [-0.4, -0.2) is 11.7 Å². The predicted octanol–water partition coefficient (Wildman–Crippen LogP) is 2.20. The highest BCUT2D eigenvalue weighted by molar-refractivity contribution is 5.85. The van der Waals surface area contributed by atoms with Crippen LogP contribution in [0.4, 0.5) is 0 Å². The van der Waals surface area contributed by atoms with Crippen molar-refractivity contribution in [3.05, 3.63) is 35.9 Å². The number of hydrogen-bond donors (Lipinski definition) is 1. The number of halogens is 1. The minimum Gasteiger partial charge on any atom is -0.396 e. The van der Waals surface area contributed by atoms with Crippen LogP contribution in [0.5, 0.6) is 0 Å². The van der Waals surface area contributed by atoms with Gasteiger partial charge >= 0.3 is 0 Å². The molecule has 2 heteroatoms. The summed E-state index contributed by atoms with van der Waals surface area (Å²) in [7, 11) is 0. The van der Waals surface area contributed by atoms with Crippen molar-refractivity contribution in [1.82, 2.24) is 0 Å². The van der Waals surface area contributed by atoms with Crippen molar-refractivity contribution >= 4 is 12.4 Å². The Hall–Kier alpha value is -0.530. The van der Waals surface area contributed by atoms with Crippen molar-refractivity contribution < 1.29 is 5.11 Å². The lowest BCUT2D eigenvalue weighted by Crippen LogP contribution is -1.97. The molecule has 11 heavy (non-hydrogen) atoms. The molecule has 1 atom stereocenters. The van der Waals surface area contributed by atoms with Gasteiger partial charge in [-0.3, -0.25) is 0 Å². The van der Waals surface area contributed by atoms with Gasteiger partial charge in [-0.1, -0.05) is 37.3 Å². The molecule has 1 aromatic carbocycles. The number of hydrogen-bond acceptors (Lipinski definition) is 1. The zero-order valence-electron chi connectivity index (χ0n) is 6.53. The van der Waals surface area contributed by atoms with Crippen LogP contribution >= 0.6 is 12.4 Å². The van der Waals surface area contributed by atoms with Gasteiger partial charge in [0.2, 0.25) is 0 Å². The Balaban J connectivity index is 0.000001000. The highest BCUT2D eigenvalue weighted by Crippen LogP contribution is 2.12. The van der Waals surface area contributed by atoms with E-state index in [1.54, 1.807) is 0 Å². The average molecular weight is 173 g/mol. The van der Waals surface area contributed by atoms with Gasteiger partial charge in [0.05, 0.1) is 0 Å². The molecule has 1 N–H and O–H groups in total. The first-order valence-corrected chi connectivity index (χ1v) is 3.50. The van der Waals surface area contributed by atoms with E-state index < -0.39 is 0 Å². The highest BCUT2D eigenvalue weighted by Gasteiger charge is 2.00. The van der Waals surface area contributed by atoms with Gasteiger partial charge in [0.15, 0.2) is 0 Å². The standard InChI is InChI=1S/C9H12O.ClH/c1-8(7-10)9-5-3-2-4-6-9;/h2-6,8,10H,7H2,1H3;1H. The molecule has 62 valence electrons. The Bertz CT molecular complexity index is 186. The van der Waals surface area contributed by atoms with Crippen LogP contribution in [0.25, 0.3) is 0 Å². The SMILES string of the molecule is CC(CO)c1ccccc1.Cl. The van der Waals surface area contributed by atoms with E-state index in [0.29, 0.717) is 0 Å². The van der Waals surface area contributed by atoms with Crippen LogP contribution in [-0.2, 0) is 0 Å². The molecular formula is C9H13ClO. The second-order valence-electron chi connectivity index (χ2n) is 2.49. The third kappa shape index (κ3) is 2.91. The number of aliphatic hydroxyl groups excluding tert-OH is 1. The van der Waals surface area contributed by atoms with Gasteiger partial charge in [-0.15, -0.1) is 12.4 Å². The first-order chi connectivity index (χ1) is 4.84. The number of rotatable bonds is 2. The van der Waals surface area contributed by atoms with E-state index in [2.05, 4.69) is 0 Å². The zero-order valence-corrected chi connectivity index (χ0v) is 7.34. The minimum atomic E-state index is 0. The van der Waals surface area contributed by atoms with Crippen molar-refractivity contribution in [1.29, 1.82) is 0 Å². The van der Waals surface area contributed by atoms with E-state index in [4.69, 9.17) is 5.11 Å². The molecule has 0 saturated carbocycles. The molecule has 0 heterocycles. The van der Waals surface area contributed by atoms with Crippen molar-refractivity contribution in [2.75, 3.05) is 6.61 Å². The molecule has 0 aromatic heterocycles. The summed E-state index contributed by atoms with van der Waals surface area (Å²) in [6, 6.07) is 10.0. The summed E-state index contributed by atoms with van der Waals surface area (Å²) in [5.41, 5.74) is 1.20. The van der Waals surface area contributed by atoms with E-state index in [9.17, 15) is 0 Å². The van der Waals surface area contributed by atoms with Crippen LogP contribution < -0.4 is 0 Å². The van der Waals surface area contributed by atoms with E-state index in [1.165, 1.54) is 5.56 Å². The quantitative estimate of drug-likeness (QED) is 0.726. The number of aliphatic hydroxyl groups is 1. The fourth-order valence-electron chi connectivity index (χ4n) is 0.887. The third-order valence-corrected chi connectivity index (χ3v) is 1.64. The summed E-state index contributed by atoms with van der Waals surface area (Å²) in [6.07, 6.45) is 0. The van der Waals surface area contributed by atoms with Crippen LogP contribution in [0.15, 0.2) is 30.3 Å². The van der Waals surface area contributed by atoms with Crippen LogP contribution in [0.1, 0.15) is 18.4 Å². The largest absolute Gasteiger partial charge is 0.396 e. The maximum absolute atomic E-state index is 8.79. The molecule has 1 aromatic rings. The molecule has 0 aliphatic heterocycles. The Morgan fingerprint density at radius 2 is 1.82 bits per heavy atom. The molecule has 0 aliphatic rings. The molecule has 0 fully saturated rings. The van der Waals surface area contributed by atoms with Crippen LogP contribution in [0, 0.1) is 0 Å². The number of benzene rings is 1. The summed E-state index contributed by atoms with van der Waals surface area (Å²) >= 11 is 0. The summed E-state index contributed by atoms with van der Waals surface area (Å²) in [4.78, 5) is 0. The smallest absolute Gasteiger partial charge is 0.0497 e. The Kier molecular flexibility index (Phi) is 4.92. The van der Waals surface area contributed by atoms with Crippen molar-refractivity contribution in [3.8, 4) is 0 Å². The van der Waals surface area contributed by atoms with E-state index >= 15 is 0 Å². The summed E-state index contributed by atoms with van der Waals surface area (Å²) < 4.78 is 0. The van der Waals surface area contributed by atoms with Crippen molar-refractivity contribution in [3.63, 3.8) is 0 Å². The summed E-state index contributed by atoms with van der Waals surface area (Å²) in [6.45, 7) is 2.24. The van der Waals surface area contributed by atoms with E-state index in [0.717, 1.165) is 0 Å². The molecule has 1 rings (SSSR count). The van der Waals surface area contributed by atoms with Crippen molar-refractivity contribution in [2.45, 2.75) is 12.8 Å². The van der Waals surface area contributed by atoms with Gasteiger partial charge in [-0.25, -0.2) is 0 Å². The van der Waals surface area contributed by atoms with E-state index in [1.807, 2.05) is 37.3 Å². The van der Waals surface area contributed by atoms with Crippen molar-refractivity contribution in [2.24, 2.45) is 0 Å². The van der Waals surface area contributed by atoms with Gasteiger partial charge < -0.3 is 5.11 Å². The van der Waals surface area contributed by atoms with Gasteiger partial charge in [-0.05, 0) is 5.56 Å². The molecule has 0 bridgehead atoms. The van der Waals surface area contributed by atoms with Gasteiger partial charge in [0.1, 0.15) is 0 Å². The first-order valence-electron chi connectivity index (χ1n) is 3.50. The van der Waals surface area contributed by atoms with Crippen LogP contribution in [0.3, 0.4) is 0 Å². The Labute approximate surface area is 73.5 Å². The lowest BCUT2D eigenvalue weighted by atomic mass is 10.0. The molecule has 1 nitrogen and oxygen atoms in total. The zero-order chi connectivity index (χ0) is 7.40. The lowest BCUT2D eigenvalue weighted by Gasteiger charge is -2.05. The molecule has 0 amide bonds. The fourth-order valence-corrected chi connectivity index (χ4v) is 0.887. The maximum atomic E-state index is 8.79. The molecule has 0 aliphatic carbocycles. The average Bonchev–Trinajstić information content (AvgIpc) is 2.05. The Morgan fingerprint density at radius 1 is 1.27 bits per heavy atom. The highest BCUT2D eigenvalue weighted by atomic mass is 35.5. The molecule has 0 radical (unpaired) electrons. The van der Waals surface area contributed by atoms with Crippen LogP contribution in [0.2, 0.25) is 0 Å². The summed E-state index contributed by atoms with van der Waals surface area (Å²) in [5.74, 6) is 0.265. The van der Waals surface area contributed by atoms with Gasteiger partial charge in [-0.2, -0.15) is 0 Å². The normalized spacial score (nSPS) is 11.8. The molecule has 0 saturated heterocycles. The second kappa shape index (κ2) is 5.16.